The molecule has 0 fully saturated rings. The summed E-state index contributed by atoms with van der Waals surface area (Å²) >= 11 is 2.80. The van der Waals surface area contributed by atoms with E-state index in [0.29, 0.717) is 10.0 Å². The molecule has 2 nitrogen and oxygen atoms in total. The summed E-state index contributed by atoms with van der Waals surface area (Å²) in [5, 5.41) is 8.53. The Kier molecular flexibility index (Phi) is 4.88. The van der Waals surface area contributed by atoms with E-state index in [-0.39, 0.29) is 29.5 Å². The molecule has 0 aliphatic heterocycles. The van der Waals surface area contributed by atoms with Crippen molar-refractivity contribution in [3.8, 4) is 0 Å². The van der Waals surface area contributed by atoms with Crippen LogP contribution in [0.5, 0.6) is 0 Å². The number of alkyl halides is 3. The van der Waals surface area contributed by atoms with E-state index < -0.39 is 11.5 Å². The number of hydrogen-bond donors (Lipinski definition) is 1. The fraction of sp³-hybridized carbons (Fsp3) is 0.300. The van der Waals surface area contributed by atoms with Gasteiger partial charge in [0.2, 0.25) is 0 Å². The fourth-order valence-corrected chi connectivity index (χ4v) is 2.57. The van der Waals surface area contributed by atoms with E-state index in [9.17, 15) is 18.0 Å². The van der Waals surface area contributed by atoms with Crippen LogP contribution in [0.2, 0.25) is 0 Å². The Bertz CT molecular complexity index is 421. The van der Waals surface area contributed by atoms with Gasteiger partial charge in [0, 0.05) is 15.8 Å². The molecule has 0 atom stereocenters. The van der Waals surface area contributed by atoms with E-state index in [1.807, 2.05) is 0 Å². The number of carboxylic acids is 1. The molecule has 0 amide bonds. The topological polar surface area (TPSA) is 37.3 Å². The zero-order valence-corrected chi connectivity index (χ0v) is 10.8. The van der Waals surface area contributed by atoms with Crippen LogP contribution in [-0.2, 0) is 11.2 Å². The summed E-state index contributed by atoms with van der Waals surface area (Å²) in [6.45, 7) is 0. The highest BCUT2D eigenvalue weighted by Crippen LogP contribution is 2.42. The lowest BCUT2D eigenvalue weighted by atomic mass is 10.1. The summed E-state index contributed by atoms with van der Waals surface area (Å²) < 4.78 is 37.3. The minimum atomic E-state index is -4.39. The molecule has 17 heavy (non-hydrogen) atoms. The van der Waals surface area contributed by atoms with Crippen LogP contribution in [-0.4, -0.2) is 16.6 Å². The highest BCUT2D eigenvalue weighted by atomic mass is 79.9. The van der Waals surface area contributed by atoms with Crippen molar-refractivity contribution < 1.29 is 23.1 Å². The minimum absolute atomic E-state index is 0.0289. The lowest BCUT2D eigenvalue weighted by molar-refractivity contribution is -0.136. The van der Waals surface area contributed by atoms with Crippen LogP contribution in [0.4, 0.5) is 13.2 Å². The zero-order chi connectivity index (χ0) is 13.1. The molecule has 0 aromatic heterocycles. The molecule has 0 saturated heterocycles. The van der Waals surface area contributed by atoms with Gasteiger partial charge in [-0.1, -0.05) is 12.1 Å². The quantitative estimate of drug-likeness (QED) is 0.846. The van der Waals surface area contributed by atoms with Crippen molar-refractivity contribution in [2.45, 2.75) is 23.2 Å². The van der Waals surface area contributed by atoms with Crippen LogP contribution in [0.25, 0.3) is 0 Å². The van der Waals surface area contributed by atoms with Gasteiger partial charge in [0.1, 0.15) is 0 Å². The predicted molar refractivity (Wildman–Crippen MR) is 62.0 cm³/mol. The average molecular weight is 329 g/mol. The number of benzene rings is 1. The number of aliphatic carboxylic acids is 1. The van der Waals surface area contributed by atoms with E-state index in [1.165, 1.54) is 12.1 Å². The van der Waals surface area contributed by atoms with Crippen molar-refractivity contribution in [2.75, 3.05) is 0 Å². The van der Waals surface area contributed by atoms with Gasteiger partial charge in [0.25, 0.3) is 0 Å². The van der Waals surface area contributed by atoms with Gasteiger partial charge in [-0.15, -0.1) is 0 Å². The van der Waals surface area contributed by atoms with E-state index in [2.05, 4.69) is 15.9 Å². The molecule has 0 bridgehead atoms. The van der Waals surface area contributed by atoms with Crippen LogP contribution in [0, 0.1) is 0 Å². The van der Waals surface area contributed by atoms with E-state index >= 15 is 0 Å². The Morgan fingerprint density at radius 2 is 2.06 bits per heavy atom. The Morgan fingerprint density at radius 3 is 2.59 bits per heavy atom. The normalized spacial score (nSPS) is 11.5. The monoisotopic (exact) mass is 328 g/mol. The number of thioether (sulfide) groups is 1. The second-order valence-corrected chi connectivity index (χ2v) is 5.10. The van der Waals surface area contributed by atoms with E-state index in [1.54, 1.807) is 6.07 Å². The third-order valence-electron chi connectivity index (χ3n) is 1.87. The van der Waals surface area contributed by atoms with Crippen LogP contribution in [0.3, 0.4) is 0 Å². The Morgan fingerprint density at radius 1 is 1.41 bits per heavy atom. The van der Waals surface area contributed by atoms with Gasteiger partial charge in [-0.25, -0.2) is 0 Å². The van der Waals surface area contributed by atoms with Gasteiger partial charge in [-0.05, 0) is 45.7 Å². The average Bonchev–Trinajstić information content (AvgIpc) is 2.17. The molecule has 1 aromatic rings. The smallest absolute Gasteiger partial charge is 0.446 e. The molecule has 0 aliphatic carbocycles. The lowest BCUT2D eigenvalue weighted by Gasteiger charge is -2.12. The Balaban J connectivity index is 2.96. The fourth-order valence-electron chi connectivity index (χ4n) is 1.22. The molecule has 1 aromatic carbocycles. The maximum absolute atomic E-state index is 12.3. The highest BCUT2D eigenvalue weighted by molar-refractivity contribution is 9.10. The number of rotatable bonds is 4. The van der Waals surface area contributed by atoms with Crippen LogP contribution < -0.4 is 0 Å². The summed E-state index contributed by atoms with van der Waals surface area (Å²) in [4.78, 5) is 10.4. The standard InChI is InChI=1S/C10H8BrF3O2S/c11-7-3-1-2-6(4-5-8(15)16)9(7)17-10(12,13)14/h1-3H,4-5H2,(H,15,16). The van der Waals surface area contributed by atoms with Crippen molar-refractivity contribution in [3.63, 3.8) is 0 Å². The SMILES string of the molecule is O=C(O)CCc1cccc(Br)c1SC(F)(F)F. The Labute approximate surface area is 108 Å². The van der Waals surface area contributed by atoms with Gasteiger partial charge in [0.15, 0.2) is 0 Å². The number of hydrogen-bond acceptors (Lipinski definition) is 2. The van der Waals surface area contributed by atoms with Crippen LogP contribution >= 0.6 is 27.7 Å². The Hall–Kier alpha value is -0.690. The first-order valence-electron chi connectivity index (χ1n) is 4.54. The molecule has 0 unspecified atom stereocenters. The molecule has 94 valence electrons. The molecule has 0 spiro atoms. The van der Waals surface area contributed by atoms with Gasteiger partial charge in [-0.2, -0.15) is 13.2 Å². The first-order chi connectivity index (χ1) is 7.79. The molecular formula is C10H8BrF3O2S. The number of halogens is 4. The summed E-state index contributed by atoms with van der Waals surface area (Å²) in [5.74, 6) is -1.03. The van der Waals surface area contributed by atoms with Gasteiger partial charge < -0.3 is 5.11 Å². The molecule has 1 rings (SSSR count). The van der Waals surface area contributed by atoms with E-state index in [0.717, 1.165) is 0 Å². The molecule has 1 N–H and O–H groups in total. The molecular weight excluding hydrogens is 321 g/mol. The van der Waals surface area contributed by atoms with Crippen molar-refractivity contribution in [3.05, 3.63) is 28.2 Å². The third kappa shape index (κ3) is 4.99. The van der Waals surface area contributed by atoms with Gasteiger partial charge >= 0.3 is 11.5 Å². The summed E-state index contributed by atoms with van der Waals surface area (Å²) in [5.41, 5.74) is -4.01. The first-order valence-corrected chi connectivity index (χ1v) is 6.15. The number of carbonyl (C=O) groups is 1. The summed E-state index contributed by atoms with van der Waals surface area (Å²) in [6, 6.07) is 4.59. The highest BCUT2D eigenvalue weighted by Gasteiger charge is 2.31. The number of carboxylic acid groups (broad SMARTS) is 1. The third-order valence-corrected chi connectivity index (χ3v) is 3.72. The van der Waals surface area contributed by atoms with Gasteiger partial charge in [-0.3, -0.25) is 4.79 Å². The molecule has 0 aliphatic rings. The summed E-state index contributed by atoms with van der Waals surface area (Å²) in [7, 11) is 0. The van der Waals surface area contributed by atoms with Crippen LogP contribution in [0.15, 0.2) is 27.6 Å². The van der Waals surface area contributed by atoms with Crippen molar-refractivity contribution in [2.24, 2.45) is 0 Å². The predicted octanol–water partition coefficient (Wildman–Crippen LogP) is 4.08. The zero-order valence-electron chi connectivity index (χ0n) is 8.42. The van der Waals surface area contributed by atoms with Crippen molar-refractivity contribution >= 4 is 33.7 Å². The van der Waals surface area contributed by atoms with Crippen molar-refractivity contribution in [1.29, 1.82) is 0 Å². The maximum atomic E-state index is 12.3. The largest absolute Gasteiger partial charge is 0.481 e. The second kappa shape index (κ2) is 5.77. The van der Waals surface area contributed by atoms with E-state index in [4.69, 9.17) is 5.11 Å². The minimum Gasteiger partial charge on any atom is -0.481 e. The maximum Gasteiger partial charge on any atom is 0.446 e. The van der Waals surface area contributed by atoms with Crippen molar-refractivity contribution in [1.82, 2.24) is 0 Å². The summed E-state index contributed by atoms with van der Waals surface area (Å²) in [6.07, 6.45) is -0.116. The second-order valence-electron chi connectivity index (χ2n) is 3.17. The molecule has 0 radical (unpaired) electrons. The van der Waals surface area contributed by atoms with Crippen LogP contribution in [0.1, 0.15) is 12.0 Å². The molecule has 0 heterocycles. The molecule has 7 heteroatoms. The first kappa shape index (κ1) is 14.4. The lowest BCUT2D eigenvalue weighted by Crippen LogP contribution is -2.03. The molecule has 0 saturated carbocycles. The van der Waals surface area contributed by atoms with Gasteiger partial charge in [0.05, 0.1) is 0 Å². The number of aryl methyl sites for hydroxylation is 1.